The highest BCUT2D eigenvalue weighted by Gasteiger charge is 2.41. The van der Waals surface area contributed by atoms with Gasteiger partial charge in [-0.05, 0) is 48.6 Å². The molecule has 1 saturated heterocycles. The Labute approximate surface area is 233 Å². The summed E-state index contributed by atoms with van der Waals surface area (Å²) in [5, 5.41) is 14.5. The molecule has 1 aliphatic heterocycles. The zero-order valence-electron chi connectivity index (χ0n) is 23.4. The van der Waals surface area contributed by atoms with Crippen LogP contribution in [0.25, 0.3) is 0 Å². The summed E-state index contributed by atoms with van der Waals surface area (Å²) in [6.45, 7) is 5.32. The highest BCUT2D eigenvalue weighted by molar-refractivity contribution is 5.79. The van der Waals surface area contributed by atoms with Crippen LogP contribution in [0.3, 0.4) is 0 Å². The minimum atomic E-state index is -0.811. The Balaban J connectivity index is 1.47. The van der Waals surface area contributed by atoms with Gasteiger partial charge in [0.2, 0.25) is 5.91 Å². The Kier molecular flexibility index (Phi) is 10.0. The fourth-order valence-electron chi connectivity index (χ4n) is 6.34. The number of nitrogens with zero attached hydrogens (tertiary/aromatic N) is 1. The van der Waals surface area contributed by atoms with Gasteiger partial charge < -0.3 is 20.9 Å². The lowest BCUT2D eigenvalue weighted by atomic mass is 9.70. The summed E-state index contributed by atoms with van der Waals surface area (Å²) in [7, 11) is 0. The second-order valence-corrected chi connectivity index (χ2v) is 12.2. The molecule has 7 heteroatoms. The lowest BCUT2D eigenvalue weighted by Gasteiger charge is -2.48. The van der Waals surface area contributed by atoms with Crippen LogP contribution < -0.4 is 11.1 Å². The number of amides is 2. The van der Waals surface area contributed by atoms with Gasteiger partial charge in [0.1, 0.15) is 6.61 Å². The average molecular weight is 536 g/mol. The van der Waals surface area contributed by atoms with E-state index in [1.165, 1.54) is 25.7 Å². The SMILES string of the molecule is CC(C)(C[C@@H]1C[C@H]2CCCC[C@H]2CN1C[C@H](O)[C@@H](Cc1ccccc1)NC(=O)OCc1ccccc1)C(N)=O. The maximum atomic E-state index is 12.8. The van der Waals surface area contributed by atoms with Crippen molar-refractivity contribution in [1.82, 2.24) is 10.2 Å². The van der Waals surface area contributed by atoms with Crippen molar-refractivity contribution in [2.75, 3.05) is 13.1 Å². The topological polar surface area (TPSA) is 105 Å². The molecule has 2 fully saturated rings. The number of rotatable bonds is 11. The number of nitrogens with one attached hydrogen (secondary N) is 1. The average Bonchev–Trinajstić information content (AvgIpc) is 2.92. The minimum absolute atomic E-state index is 0.156. The van der Waals surface area contributed by atoms with E-state index in [2.05, 4.69) is 10.2 Å². The number of aliphatic hydroxyl groups is 1. The summed E-state index contributed by atoms with van der Waals surface area (Å²) in [5.41, 5.74) is 7.07. The number of β-amino-alcohol motifs (C(OH)–C–C–N with tert-alkyl or cyclic N) is 1. The highest BCUT2D eigenvalue weighted by atomic mass is 16.5. The molecule has 2 aromatic carbocycles. The van der Waals surface area contributed by atoms with Gasteiger partial charge in [0.05, 0.1) is 12.1 Å². The fraction of sp³-hybridized carbons (Fsp3) is 0.562. The number of likely N-dealkylation sites (tertiary alicyclic amines) is 1. The molecule has 2 aliphatic rings. The number of ether oxygens (including phenoxy) is 1. The third-order valence-electron chi connectivity index (χ3n) is 8.74. The van der Waals surface area contributed by atoms with Crippen LogP contribution in [0.15, 0.2) is 60.7 Å². The number of alkyl carbamates (subject to hydrolysis) is 1. The Morgan fingerprint density at radius 2 is 1.64 bits per heavy atom. The molecule has 7 nitrogen and oxygen atoms in total. The van der Waals surface area contributed by atoms with Gasteiger partial charge in [-0.3, -0.25) is 9.69 Å². The molecule has 0 unspecified atom stereocenters. The summed E-state index contributed by atoms with van der Waals surface area (Å²) in [4.78, 5) is 27.4. The highest BCUT2D eigenvalue weighted by Crippen LogP contribution is 2.41. The summed E-state index contributed by atoms with van der Waals surface area (Å²) in [6.07, 6.45) is 5.77. The van der Waals surface area contributed by atoms with E-state index in [1.54, 1.807) is 0 Å². The maximum Gasteiger partial charge on any atom is 0.407 e. The quantitative estimate of drug-likeness (QED) is 0.388. The van der Waals surface area contributed by atoms with Gasteiger partial charge in [-0.15, -0.1) is 0 Å². The third-order valence-corrected chi connectivity index (χ3v) is 8.74. The number of carbonyl (C=O) groups excluding carboxylic acids is 2. The number of primary amides is 1. The molecule has 1 aliphatic carbocycles. The Morgan fingerprint density at radius 3 is 2.28 bits per heavy atom. The summed E-state index contributed by atoms with van der Waals surface area (Å²) in [6, 6.07) is 19.1. The van der Waals surface area contributed by atoms with Gasteiger partial charge in [0, 0.05) is 24.5 Å². The smallest absolute Gasteiger partial charge is 0.407 e. The number of hydrogen-bond donors (Lipinski definition) is 3. The van der Waals surface area contributed by atoms with Crippen molar-refractivity contribution < 1.29 is 19.4 Å². The van der Waals surface area contributed by atoms with E-state index in [0.29, 0.717) is 31.2 Å². The van der Waals surface area contributed by atoms with E-state index in [0.717, 1.165) is 24.1 Å². The largest absolute Gasteiger partial charge is 0.445 e. The Hall–Kier alpha value is -2.90. The fourth-order valence-corrected chi connectivity index (χ4v) is 6.34. The monoisotopic (exact) mass is 535 g/mol. The van der Waals surface area contributed by atoms with Crippen LogP contribution in [-0.2, 0) is 22.6 Å². The first kappa shape index (κ1) is 29.1. The van der Waals surface area contributed by atoms with E-state index in [4.69, 9.17) is 10.5 Å². The number of nitrogens with two attached hydrogens (primary N) is 1. The molecule has 212 valence electrons. The van der Waals surface area contributed by atoms with Crippen molar-refractivity contribution in [2.24, 2.45) is 23.0 Å². The first-order valence-corrected chi connectivity index (χ1v) is 14.4. The summed E-state index contributed by atoms with van der Waals surface area (Å²) >= 11 is 0. The van der Waals surface area contributed by atoms with Gasteiger partial charge in [0.25, 0.3) is 0 Å². The minimum Gasteiger partial charge on any atom is -0.445 e. The number of hydrogen-bond acceptors (Lipinski definition) is 5. The van der Waals surface area contributed by atoms with Crippen molar-refractivity contribution in [3.8, 4) is 0 Å². The number of carbonyl (C=O) groups is 2. The molecule has 0 radical (unpaired) electrons. The van der Waals surface area contributed by atoms with Gasteiger partial charge in [-0.1, -0.05) is 93.8 Å². The molecule has 2 aromatic rings. The number of fused-ring (bicyclic) bond motifs is 1. The van der Waals surface area contributed by atoms with Gasteiger partial charge in [-0.25, -0.2) is 4.79 Å². The van der Waals surface area contributed by atoms with Crippen LogP contribution in [0.4, 0.5) is 4.79 Å². The predicted molar refractivity (Wildman–Crippen MR) is 153 cm³/mol. The van der Waals surface area contributed by atoms with Crippen molar-refractivity contribution in [3.63, 3.8) is 0 Å². The van der Waals surface area contributed by atoms with E-state index in [-0.39, 0.29) is 18.6 Å². The van der Waals surface area contributed by atoms with E-state index < -0.39 is 23.7 Å². The second-order valence-electron chi connectivity index (χ2n) is 12.2. The molecule has 0 spiro atoms. The maximum absolute atomic E-state index is 12.8. The van der Waals surface area contributed by atoms with Crippen molar-refractivity contribution in [3.05, 3.63) is 71.8 Å². The van der Waals surface area contributed by atoms with Crippen molar-refractivity contribution in [2.45, 2.75) is 83.6 Å². The molecule has 4 rings (SSSR count). The van der Waals surface area contributed by atoms with Crippen LogP contribution in [0, 0.1) is 17.3 Å². The van der Waals surface area contributed by atoms with Gasteiger partial charge in [0.15, 0.2) is 0 Å². The molecule has 5 atom stereocenters. The lowest BCUT2D eigenvalue weighted by Crippen LogP contribution is -2.56. The number of benzene rings is 2. The van der Waals surface area contributed by atoms with Gasteiger partial charge >= 0.3 is 6.09 Å². The number of piperidine rings is 1. The summed E-state index contributed by atoms with van der Waals surface area (Å²) in [5.74, 6) is 0.973. The molecule has 0 bridgehead atoms. The standard InChI is InChI=1S/C32H45N3O4/c1-32(2,30(33)37)19-27-18-25-15-9-10-16-26(25)20-35(27)21-29(36)28(17-23-11-5-3-6-12-23)34-31(38)39-22-24-13-7-4-8-14-24/h3-8,11-14,25-29,36H,9-10,15-22H2,1-2H3,(H2,33,37)(H,34,38)/t25-,26+,27+,28-,29+/m1/s1. The Bertz CT molecular complexity index is 1060. The zero-order valence-corrected chi connectivity index (χ0v) is 23.4. The first-order valence-electron chi connectivity index (χ1n) is 14.4. The molecule has 1 heterocycles. The first-order chi connectivity index (χ1) is 18.7. The molecular weight excluding hydrogens is 490 g/mol. The van der Waals surface area contributed by atoms with Crippen LogP contribution in [0.2, 0.25) is 0 Å². The van der Waals surface area contributed by atoms with Crippen LogP contribution in [0.5, 0.6) is 0 Å². The molecule has 2 amide bonds. The molecule has 1 saturated carbocycles. The second kappa shape index (κ2) is 13.4. The molecular formula is C32H45N3O4. The van der Waals surface area contributed by atoms with Gasteiger partial charge in [-0.2, -0.15) is 0 Å². The van der Waals surface area contributed by atoms with E-state index >= 15 is 0 Å². The van der Waals surface area contributed by atoms with Crippen LogP contribution in [0.1, 0.15) is 63.5 Å². The Morgan fingerprint density at radius 1 is 1.03 bits per heavy atom. The summed E-state index contributed by atoms with van der Waals surface area (Å²) < 4.78 is 5.49. The normalized spacial score (nSPS) is 23.3. The lowest BCUT2D eigenvalue weighted by molar-refractivity contribution is -0.127. The van der Waals surface area contributed by atoms with Crippen molar-refractivity contribution in [1.29, 1.82) is 0 Å². The van der Waals surface area contributed by atoms with E-state index in [9.17, 15) is 14.7 Å². The van der Waals surface area contributed by atoms with Crippen LogP contribution >= 0.6 is 0 Å². The zero-order chi connectivity index (χ0) is 27.8. The molecule has 0 aromatic heterocycles. The predicted octanol–water partition coefficient (Wildman–Crippen LogP) is 4.67. The van der Waals surface area contributed by atoms with Crippen LogP contribution in [-0.4, -0.2) is 53.3 Å². The molecule has 4 N–H and O–H groups in total. The third kappa shape index (κ3) is 8.29. The number of aliphatic hydroxyl groups excluding tert-OH is 1. The van der Waals surface area contributed by atoms with E-state index in [1.807, 2.05) is 74.5 Å². The van der Waals surface area contributed by atoms with Crippen molar-refractivity contribution >= 4 is 12.0 Å². The molecule has 39 heavy (non-hydrogen) atoms.